The van der Waals surface area contributed by atoms with Crippen molar-refractivity contribution in [2.45, 2.75) is 24.9 Å². The highest BCUT2D eigenvalue weighted by Crippen LogP contribution is 2.30. The highest BCUT2D eigenvalue weighted by atomic mass is 79.9. The maximum absolute atomic E-state index is 8.66. The van der Waals surface area contributed by atoms with Crippen LogP contribution in [0.15, 0.2) is 64.2 Å². The van der Waals surface area contributed by atoms with Crippen molar-refractivity contribution in [3.8, 4) is 11.8 Å². The summed E-state index contributed by atoms with van der Waals surface area (Å²) in [4.78, 5) is 5.30. The lowest BCUT2D eigenvalue weighted by Crippen LogP contribution is -2.34. The lowest BCUT2D eigenvalue weighted by molar-refractivity contribution is 0.223. The summed E-state index contributed by atoms with van der Waals surface area (Å²) in [6.45, 7) is 1.46. The van der Waals surface area contributed by atoms with E-state index < -0.39 is 0 Å². The molecule has 0 aliphatic carbocycles. The summed E-state index contributed by atoms with van der Waals surface area (Å²) in [7, 11) is 0. The van der Waals surface area contributed by atoms with Gasteiger partial charge in [0.15, 0.2) is 0 Å². The van der Waals surface area contributed by atoms with Gasteiger partial charge in [-0.3, -0.25) is 4.90 Å². The van der Waals surface area contributed by atoms with Gasteiger partial charge in [-0.2, -0.15) is 0 Å². The smallest absolute Gasteiger partial charge is 0.0977 e. The maximum atomic E-state index is 8.66. The molecule has 0 unspecified atom stereocenters. The summed E-state index contributed by atoms with van der Waals surface area (Å²) in [6.07, 6.45) is 2.14. The number of halogens is 1. The third-order valence-electron chi connectivity index (χ3n) is 4.42. The molecule has 1 heterocycles. The summed E-state index contributed by atoms with van der Waals surface area (Å²) in [5.41, 5.74) is 10.8. The Morgan fingerprint density at radius 1 is 1.20 bits per heavy atom. The van der Waals surface area contributed by atoms with Gasteiger partial charge < -0.3 is 0 Å². The zero-order valence-electron chi connectivity index (χ0n) is 13.8. The molecule has 1 saturated heterocycles. The third-order valence-corrected chi connectivity index (χ3v) is 4.95. The molecule has 0 spiro atoms. The van der Waals surface area contributed by atoms with Crippen molar-refractivity contribution in [1.82, 2.24) is 4.90 Å². The van der Waals surface area contributed by atoms with Gasteiger partial charge in [0.1, 0.15) is 0 Å². The van der Waals surface area contributed by atoms with Crippen LogP contribution in [0.5, 0.6) is 0 Å². The zero-order valence-corrected chi connectivity index (χ0v) is 15.4. The molecular formula is C20H19BrN4. The van der Waals surface area contributed by atoms with Crippen molar-refractivity contribution >= 4 is 15.9 Å². The van der Waals surface area contributed by atoms with Crippen LogP contribution in [-0.4, -0.2) is 24.0 Å². The molecule has 2 aromatic rings. The molecule has 0 saturated carbocycles. The van der Waals surface area contributed by atoms with E-state index in [1.165, 1.54) is 5.56 Å². The Bertz CT molecular complexity index is 801. The van der Waals surface area contributed by atoms with Crippen molar-refractivity contribution < 1.29 is 0 Å². The van der Waals surface area contributed by atoms with E-state index in [1.807, 2.05) is 42.5 Å². The van der Waals surface area contributed by atoms with Crippen molar-refractivity contribution in [1.29, 1.82) is 0 Å². The molecule has 0 bridgehead atoms. The largest absolute Gasteiger partial charge is 0.283 e. The van der Waals surface area contributed by atoms with Gasteiger partial charge in [-0.1, -0.05) is 63.2 Å². The van der Waals surface area contributed by atoms with E-state index in [4.69, 9.17) is 5.53 Å². The second kappa shape index (κ2) is 8.73. The number of azide groups is 1. The minimum Gasteiger partial charge on any atom is -0.283 e. The number of hydrogen-bond donors (Lipinski definition) is 0. The van der Waals surface area contributed by atoms with Gasteiger partial charge in [-0.25, -0.2) is 0 Å². The minimum absolute atomic E-state index is 0.00491. The van der Waals surface area contributed by atoms with E-state index in [-0.39, 0.29) is 12.1 Å². The predicted molar refractivity (Wildman–Crippen MR) is 104 cm³/mol. The molecule has 0 amide bonds. The Balaban J connectivity index is 1.93. The fraction of sp³-hybridized carbons (Fsp3) is 0.300. The topological polar surface area (TPSA) is 52.0 Å². The Hall–Kier alpha value is -2.25. The first kappa shape index (κ1) is 17.6. The van der Waals surface area contributed by atoms with E-state index in [0.717, 1.165) is 29.4 Å². The van der Waals surface area contributed by atoms with Gasteiger partial charge in [-0.15, -0.1) is 0 Å². The number of benzene rings is 2. The summed E-state index contributed by atoms with van der Waals surface area (Å²) < 4.78 is 1.05. The van der Waals surface area contributed by atoms with Crippen LogP contribution in [0.2, 0.25) is 0 Å². The summed E-state index contributed by atoms with van der Waals surface area (Å²) >= 11 is 3.50. The molecule has 0 radical (unpaired) electrons. The molecule has 0 aromatic heterocycles. The highest BCUT2D eigenvalue weighted by Gasteiger charge is 2.30. The SMILES string of the molecule is [N-]=[N+]=NC[C@@H]1CCCN1[C@H](C#Cc1ccccc1)c1ccc(Br)cc1. The molecule has 25 heavy (non-hydrogen) atoms. The molecule has 2 atom stereocenters. The Labute approximate surface area is 156 Å². The van der Waals surface area contributed by atoms with Crippen LogP contribution in [0, 0.1) is 11.8 Å². The van der Waals surface area contributed by atoms with E-state index in [9.17, 15) is 0 Å². The molecule has 2 aromatic carbocycles. The quantitative estimate of drug-likeness (QED) is 0.299. The van der Waals surface area contributed by atoms with E-state index in [2.05, 4.69) is 54.8 Å². The molecule has 0 N–H and O–H groups in total. The molecule has 1 aliphatic rings. The van der Waals surface area contributed by atoms with Crippen molar-refractivity contribution in [3.63, 3.8) is 0 Å². The molecule has 126 valence electrons. The van der Waals surface area contributed by atoms with Gasteiger partial charge in [0, 0.05) is 27.5 Å². The summed E-state index contributed by atoms with van der Waals surface area (Å²) in [5, 5.41) is 3.80. The van der Waals surface area contributed by atoms with Crippen LogP contribution in [0.1, 0.15) is 30.0 Å². The van der Waals surface area contributed by atoms with Crippen LogP contribution in [0.3, 0.4) is 0 Å². The standard InChI is InChI=1S/C20H19BrN4/c21-18-11-9-17(10-12-18)20(13-8-16-5-2-1-3-6-16)25-14-4-7-19(25)15-23-24-22/h1-3,5-6,9-12,19-20H,4,7,14-15H2/t19-,20+/m0/s1. The van der Waals surface area contributed by atoms with Crippen LogP contribution in [-0.2, 0) is 0 Å². The lowest BCUT2D eigenvalue weighted by Gasteiger charge is -2.29. The molecule has 5 heteroatoms. The Morgan fingerprint density at radius 3 is 2.68 bits per heavy atom. The fourth-order valence-electron chi connectivity index (χ4n) is 3.20. The van der Waals surface area contributed by atoms with E-state index in [1.54, 1.807) is 0 Å². The average molecular weight is 395 g/mol. The second-order valence-electron chi connectivity index (χ2n) is 6.04. The average Bonchev–Trinajstić information content (AvgIpc) is 3.11. The molecule has 1 fully saturated rings. The van der Waals surface area contributed by atoms with Crippen molar-refractivity contribution in [2.24, 2.45) is 5.11 Å². The molecule has 4 nitrogen and oxygen atoms in total. The zero-order chi connectivity index (χ0) is 17.5. The van der Waals surface area contributed by atoms with Gasteiger partial charge in [-0.05, 0) is 54.7 Å². The van der Waals surface area contributed by atoms with Crippen molar-refractivity contribution in [3.05, 3.63) is 80.6 Å². The van der Waals surface area contributed by atoms with Crippen LogP contribution < -0.4 is 0 Å². The van der Waals surface area contributed by atoms with E-state index in [0.29, 0.717) is 6.54 Å². The highest BCUT2D eigenvalue weighted by molar-refractivity contribution is 9.10. The van der Waals surface area contributed by atoms with E-state index >= 15 is 0 Å². The van der Waals surface area contributed by atoms with Gasteiger partial charge in [0.05, 0.1) is 6.04 Å². The maximum Gasteiger partial charge on any atom is 0.0977 e. The first-order valence-corrected chi connectivity index (χ1v) is 9.16. The number of hydrogen-bond acceptors (Lipinski definition) is 2. The lowest BCUT2D eigenvalue weighted by atomic mass is 10.0. The normalized spacial score (nSPS) is 18.0. The number of rotatable bonds is 4. The Kier molecular flexibility index (Phi) is 6.14. The van der Waals surface area contributed by atoms with Gasteiger partial charge >= 0.3 is 0 Å². The molecular weight excluding hydrogens is 376 g/mol. The third kappa shape index (κ3) is 4.64. The Morgan fingerprint density at radius 2 is 1.96 bits per heavy atom. The first-order valence-electron chi connectivity index (χ1n) is 8.36. The fourth-order valence-corrected chi connectivity index (χ4v) is 3.47. The molecule has 1 aliphatic heterocycles. The van der Waals surface area contributed by atoms with Crippen molar-refractivity contribution in [2.75, 3.05) is 13.1 Å². The van der Waals surface area contributed by atoms with Crippen LogP contribution >= 0.6 is 15.9 Å². The predicted octanol–water partition coefficient (Wildman–Crippen LogP) is 5.32. The minimum atomic E-state index is -0.00491. The number of likely N-dealkylation sites (tertiary alicyclic amines) is 1. The van der Waals surface area contributed by atoms with Gasteiger partial charge in [0.2, 0.25) is 0 Å². The van der Waals surface area contributed by atoms with Gasteiger partial charge in [0.25, 0.3) is 0 Å². The van der Waals surface area contributed by atoms with Crippen LogP contribution in [0.25, 0.3) is 10.4 Å². The number of nitrogens with zero attached hydrogens (tertiary/aromatic N) is 4. The molecule has 3 rings (SSSR count). The monoisotopic (exact) mass is 394 g/mol. The first-order chi connectivity index (χ1) is 12.3. The summed E-state index contributed by atoms with van der Waals surface area (Å²) in [5.74, 6) is 6.75. The second-order valence-corrected chi connectivity index (χ2v) is 6.95. The summed E-state index contributed by atoms with van der Waals surface area (Å²) in [6, 6.07) is 18.6. The van der Waals surface area contributed by atoms with Crippen LogP contribution in [0.4, 0.5) is 0 Å².